The number of aliphatic hydroxyl groups is 1. The monoisotopic (exact) mass is 346 g/mol. The van der Waals surface area contributed by atoms with Crippen molar-refractivity contribution in [1.82, 2.24) is 20.3 Å². The Labute approximate surface area is 142 Å². The summed E-state index contributed by atoms with van der Waals surface area (Å²) in [6.45, 7) is -0.419. The Kier molecular flexibility index (Phi) is 4.68. The van der Waals surface area contributed by atoms with E-state index in [0.717, 1.165) is 0 Å². The van der Waals surface area contributed by atoms with Crippen LogP contribution in [0, 0.1) is 0 Å². The molecule has 1 aliphatic rings. The lowest BCUT2D eigenvalue weighted by Crippen LogP contribution is -2.53. The van der Waals surface area contributed by atoms with Gasteiger partial charge in [0.05, 0.1) is 24.3 Å². The van der Waals surface area contributed by atoms with Gasteiger partial charge in [0, 0.05) is 0 Å². The van der Waals surface area contributed by atoms with E-state index in [-0.39, 0.29) is 30.9 Å². The van der Waals surface area contributed by atoms with E-state index in [4.69, 9.17) is 14.9 Å². The zero-order valence-corrected chi connectivity index (χ0v) is 13.0. The third kappa shape index (κ3) is 3.62. The van der Waals surface area contributed by atoms with E-state index in [9.17, 15) is 14.6 Å². The molecule has 1 aromatic heterocycles. The molecule has 2 aromatic rings. The van der Waals surface area contributed by atoms with Gasteiger partial charge in [-0.15, -0.1) is 5.10 Å². The van der Waals surface area contributed by atoms with Crippen molar-refractivity contribution in [3.8, 4) is 5.75 Å². The Balaban J connectivity index is 1.68. The van der Waals surface area contributed by atoms with Crippen LogP contribution in [0.1, 0.15) is 21.6 Å². The number of para-hydroxylation sites is 1. The van der Waals surface area contributed by atoms with Crippen molar-refractivity contribution in [2.45, 2.75) is 25.5 Å². The van der Waals surface area contributed by atoms with Crippen LogP contribution in [-0.4, -0.2) is 55.2 Å². The molecule has 0 unspecified atom stereocenters. The third-order valence-electron chi connectivity index (χ3n) is 3.75. The fourth-order valence-electron chi connectivity index (χ4n) is 2.60. The number of nitrogens with zero attached hydrogens (tertiary/aromatic N) is 3. The molecule has 0 radical (unpaired) electrons. The molecule has 0 fully saturated rings. The van der Waals surface area contributed by atoms with Crippen LogP contribution in [0.3, 0.4) is 0 Å². The van der Waals surface area contributed by atoms with Gasteiger partial charge in [0.1, 0.15) is 18.0 Å². The van der Waals surface area contributed by atoms with E-state index in [1.54, 1.807) is 12.1 Å². The van der Waals surface area contributed by atoms with Crippen LogP contribution in [0.5, 0.6) is 5.75 Å². The first-order chi connectivity index (χ1) is 12.0. The summed E-state index contributed by atoms with van der Waals surface area (Å²) in [6, 6.07) is 4.64. The zero-order valence-electron chi connectivity index (χ0n) is 13.0. The largest absolute Gasteiger partial charge is 0.547 e. The number of aliphatic hydroxyl groups excluding tert-OH is 1. The number of aromatic carboxylic acids is 1. The maximum Gasteiger partial charge on any atom is 0.547 e. The summed E-state index contributed by atoms with van der Waals surface area (Å²) in [5, 5.41) is 38.1. The first kappa shape index (κ1) is 16.9. The number of carboxylic acids is 1. The molecule has 10 nitrogen and oxygen atoms in total. The fraction of sp³-hybridized carbons (Fsp3) is 0.286. The molecule has 3 rings (SSSR count). The van der Waals surface area contributed by atoms with Crippen LogP contribution in [0.4, 0.5) is 0 Å². The van der Waals surface area contributed by atoms with E-state index in [2.05, 4.69) is 15.6 Å². The van der Waals surface area contributed by atoms with Gasteiger partial charge in [0.2, 0.25) is 5.91 Å². The molecule has 1 aliphatic heterocycles. The smallest absolute Gasteiger partial charge is 0.534 e. The molecule has 11 heteroatoms. The van der Waals surface area contributed by atoms with Crippen molar-refractivity contribution in [1.29, 1.82) is 0 Å². The van der Waals surface area contributed by atoms with Crippen molar-refractivity contribution in [3.05, 3.63) is 41.2 Å². The average Bonchev–Trinajstić information content (AvgIpc) is 3.02. The first-order valence-corrected chi connectivity index (χ1v) is 7.47. The Bertz CT molecular complexity index is 810. The number of carboxylic acid groups (broad SMARTS) is 1. The Hall–Kier alpha value is -2.92. The standard InChI is InChI=1S/C14H15BN4O6/c20-7-9-5-19(18-17-9)6-12(21)16-11-4-8-2-1-3-10(14(22)23)13(8)25-15(11)24/h1-3,5,11,20,24H,4,6-7H2,(H,16,21)(H,22,23)/t11-/m0/s1. The minimum atomic E-state index is -1.37. The highest BCUT2D eigenvalue weighted by Crippen LogP contribution is 2.30. The lowest BCUT2D eigenvalue weighted by molar-refractivity contribution is -0.122. The molecule has 0 aliphatic carbocycles. The maximum absolute atomic E-state index is 12.1. The Morgan fingerprint density at radius 3 is 2.92 bits per heavy atom. The topological polar surface area (TPSA) is 147 Å². The zero-order chi connectivity index (χ0) is 18.0. The minimum Gasteiger partial charge on any atom is -0.534 e. The van der Waals surface area contributed by atoms with E-state index in [1.165, 1.54) is 16.9 Å². The number of hydrogen-bond acceptors (Lipinski definition) is 7. The number of rotatable bonds is 5. The van der Waals surface area contributed by atoms with Gasteiger partial charge in [0.15, 0.2) is 0 Å². The van der Waals surface area contributed by atoms with E-state index < -0.39 is 24.9 Å². The quantitative estimate of drug-likeness (QED) is 0.484. The number of carbonyl (C=O) groups is 2. The van der Waals surface area contributed by atoms with Gasteiger partial charge in [-0.25, -0.2) is 9.48 Å². The molecule has 0 spiro atoms. The van der Waals surface area contributed by atoms with Gasteiger partial charge in [-0.3, -0.25) is 4.79 Å². The second kappa shape index (κ2) is 6.91. The summed E-state index contributed by atoms with van der Waals surface area (Å²) in [6.07, 6.45) is 1.66. The number of fused-ring (bicyclic) bond motifs is 1. The Morgan fingerprint density at radius 1 is 1.44 bits per heavy atom. The van der Waals surface area contributed by atoms with E-state index >= 15 is 0 Å². The number of benzene rings is 1. The molecular formula is C14H15BN4O6. The predicted molar refractivity (Wildman–Crippen MR) is 83.6 cm³/mol. The summed E-state index contributed by atoms with van der Waals surface area (Å²) >= 11 is 0. The number of carbonyl (C=O) groups excluding carboxylic acids is 1. The predicted octanol–water partition coefficient (Wildman–Crippen LogP) is -1.39. The van der Waals surface area contributed by atoms with Gasteiger partial charge in [-0.1, -0.05) is 17.3 Å². The second-order valence-corrected chi connectivity index (χ2v) is 5.55. The molecule has 0 bridgehead atoms. The number of amides is 1. The summed E-state index contributed by atoms with van der Waals surface area (Å²) in [5.41, 5.74) is 0.878. The second-order valence-electron chi connectivity index (χ2n) is 5.55. The number of nitrogens with one attached hydrogen (secondary N) is 1. The molecule has 1 aromatic carbocycles. The van der Waals surface area contributed by atoms with Gasteiger partial charge in [0.25, 0.3) is 0 Å². The summed E-state index contributed by atoms with van der Waals surface area (Å²) in [5.74, 6) is -2.21. The van der Waals surface area contributed by atoms with Crippen LogP contribution in [-0.2, 0) is 24.4 Å². The summed E-state index contributed by atoms with van der Waals surface area (Å²) in [7, 11) is -1.37. The highest BCUT2D eigenvalue weighted by Gasteiger charge is 2.37. The van der Waals surface area contributed by atoms with E-state index in [0.29, 0.717) is 11.3 Å². The molecule has 1 atom stereocenters. The average molecular weight is 346 g/mol. The summed E-state index contributed by atoms with van der Waals surface area (Å²) < 4.78 is 6.56. The van der Waals surface area contributed by atoms with Gasteiger partial charge in [-0.2, -0.15) is 0 Å². The highest BCUT2D eigenvalue weighted by molar-refractivity contribution is 6.47. The highest BCUT2D eigenvalue weighted by atomic mass is 16.5. The van der Waals surface area contributed by atoms with Crippen LogP contribution >= 0.6 is 0 Å². The van der Waals surface area contributed by atoms with Gasteiger partial charge < -0.3 is 25.2 Å². The van der Waals surface area contributed by atoms with Crippen molar-refractivity contribution in [2.24, 2.45) is 0 Å². The van der Waals surface area contributed by atoms with Crippen molar-refractivity contribution in [3.63, 3.8) is 0 Å². The molecule has 130 valence electrons. The van der Waals surface area contributed by atoms with Crippen LogP contribution in [0.25, 0.3) is 0 Å². The fourth-order valence-corrected chi connectivity index (χ4v) is 2.60. The molecule has 0 saturated carbocycles. The van der Waals surface area contributed by atoms with E-state index in [1.807, 2.05) is 0 Å². The van der Waals surface area contributed by atoms with Crippen molar-refractivity contribution in [2.75, 3.05) is 0 Å². The normalized spacial score (nSPS) is 16.1. The molecule has 4 N–H and O–H groups in total. The lowest BCUT2D eigenvalue weighted by Gasteiger charge is -2.28. The molecular weight excluding hydrogens is 331 g/mol. The van der Waals surface area contributed by atoms with Crippen LogP contribution < -0.4 is 9.97 Å². The minimum absolute atomic E-state index is 0.0412. The third-order valence-corrected chi connectivity index (χ3v) is 3.75. The molecule has 0 saturated heterocycles. The Morgan fingerprint density at radius 2 is 2.24 bits per heavy atom. The lowest BCUT2D eigenvalue weighted by atomic mass is 9.72. The maximum atomic E-state index is 12.1. The van der Waals surface area contributed by atoms with Crippen molar-refractivity contribution >= 4 is 19.0 Å². The van der Waals surface area contributed by atoms with Gasteiger partial charge >= 0.3 is 13.1 Å². The number of hydrogen-bond donors (Lipinski definition) is 4. The van der Waals surface area contributed by atoms with Gasteiger partial charge in [-0.05, 0) is 18.1 Å². The number of aromatic nitrogens is 3. The summed E-state index contributed by atoms with van der Waals surface area (Å²) in [4.78, 5) is 23.3. The van der Waals surface area contributed by atoms with Crippen molar-refractivity contribution < 1.29 is 29.5 Å². The van der Waals surface area contributed by atoms with Crippen LogP contribution in [0.2, 0.25) is 0 Å². The van der Waals surface area contributed by atoms with Crippen LogP contribution in [0.15, 0.2) is 24.4 Å². The molecule has 1 amide bonds. The SMILES string of the molecule is O=C(Cn1cc(CO)nn1)N[C@H]1Cc2cccc(C(=O)O)c2OB1O. The molecule has 25 heavy (non-hydrogen) atoms. The first-order valence-electron chi connectivity index (χ1n) is 7.47. The molecule has 2 heterocycles.